The summed E-state index contributed by atoms with van der Waals surface area (Å²) in [6.45, 7) is 7.30. The van der Waals surface area contributed by atoms with Gasteiger partial charge in [0.05, 0.1) is 6.04 Å². The molecule has 0 aromatic heterocycles. The van der Waals surface area contributed by atoms with Crippen molar-refractivity contribution in [1.82, 2.24) is 5.32 Å². The van der Waals surface area contributed by atoms with Crippen LogP contribution in [-0.2, 0) is 9.59 Å². The molecule has 0 aliphatic heterocycles. The minimum absolute atomic E-state index is 0.0432. The van der Waals surface area contributed by atoms with E-state index in [1.165, 1.54) is 0 Å². The van der Waals surface area contributed by atoms with E-state index in [1.807, 2.05) is 13.8 Å². The van der Waals surface area contributed by atoms with E-state index in [0.717, 1.165) is 6.42 Å². The van der Waals surface area contributed by atoms with Crippen molar-refractivity contribution in [2.24, 2.45) is 17.6 Å². The fourth-order valence-electron chi connectivity index (χ4n) is 1.28. The normalized spacial score (nSPS) is 16.6. The molecule has 1 amide bonds. The third-order valence-corrected chi connectivity index (χ3v) is 2.79. The lowest BCUT2D eigenvalue weighted by atomic mass is 9.98. The average molecular weight is 230 g/mol. The van der Waals surface area contributed by atoms with Crippen molar-refractivity contribution in [1.29, 1.82) is 0 Å². The predicted molar refractivity (Wildman–Crippen MR) is 61.8 cm³/mol. The lowest BCUT2D eigenvalue weighted by molar-refractivity contribution is -0.143. The van der Waals surface area contributed by atoms with Crippen LogP contribution < -0.4 is 11.1 Å². The lowest BCUT2D eigenvalue weighted by Crippen LogP contribution is -2.52. The van der Waals surface area contributed by atoms with E-state index in [1.54, 1.807) is 13.8 Å². The van der Waals surface area contributed by atoms with Crippen molar-refractivity contribution in [3.63, 3.8) is 0 Å². The Morgan fingerprint density at radius 1 is 1.31 bits per heavy atom. The third kappa shape index (κ3) is 4.18. The second kappa shape index (κ2) is 6.48. The summed E-state index contributed by atoms with van der Waals surface area (Å²) in [6, 6.07) is -1.52. The molecule has 0 heterocycles. The molecule has 0 aliphatic carbocycles. The smallest absolute Gasteiger partial charge is 0.326 e. The zero-order chi connectivity index (χ0) is 12.9. The molecule has 16 heavy (non-hydrogen) atoms. The van der Waals surface area contributed by atoms with Gasteiger partial charge in [-0.2, -0.15) is 0 Å². The van der Waals surface area contributed by atoms with Crippen molar-refractivity contribution in [3.05, 3.63) is 0 Å². The second-order valence-corrected chi connectivity index (χ2v) is 4.48. The number of amides is 1. The van der Waals surface area contributed by atoms with Crippen LogP contribution in [0.3, 0.4) is 0 Å². The van der Waals surface area contributed by atoms with Gasteiger partial charge in [-0.05, 0) is 11.8 Å². The first-order chi connectivity index (χ1) is 7.31. The summed E-state index contributed by atoms with van der Waals surface area (Å²) in [7, 11) is 0. The third-order valence-electron chi connectivity index (χ3n) is 2.79. The Labute approximate surface area is 96.4 Å². The zero-order valence-corrected chi connectivity index (χ0v) is 10.4. The number of hydrogen-bond donors (Lipinski definition) is 3. The molecular weight excluding hydrogens is 208 g/mol. The molecule has 0 aromatic carbocycles. The van der Waals surface area contributed by atoms with Gasteiger partial charge in [-0.3, -0.25) is 4.79 Å². The highest BCUT2D eigenvalue weighted by Gasteiger charge is 2.27. The van der Waals surface area contributed by atoms with Gasteiger partial charge in [0.15, 0.2) is 0 Å². The van der Waals surface area contributed by atoms with E-state index in [2.05, 4.69) is 5.32 Å². The summed E-state index contributed by atoms with van der Waals surface area (Å²) in [5, 5.41) is 11.4. The van der Waals surface area contributed by atoms with Crippen LogP contribution in [0, 0.1) is 11.8 Å². The maximum absolute atomic E-state index is 11.7. The Kier molecular flexibility index (Phi) is 6.03. The van der Waals surface area contributed by atoms with Crippen molar-refractivity contribution in [2.75, 3.05) is 0 Å². The van der Waals surface area contributed by atoms with Crippen LogP contribution in [0.1, 0.15) is 34.1 Å². The minimum Gasteiger partial charge on any atom is -0.480 e. The number of rotatable bonds is 6. The van der Waals surface area contributed by atoms with Gasteiger partial charge in [-0.15, -0.1) is 0 Å². The van der Waals surface area contributed by atoms with Gasteiger partial charge in [0, 0.05) is 0 Å². The fraction of sp³-hybridized carbons (Fsp3) is 0.818. The first-order valence-electron chi connectivity index (χ1n) is 5.60. The van der Waals surface area contributed by atoms with Gasteiger partial charge in [0.2, 0.25) is 5.91 Å². The van der Waals surface area contributed by atoms with Crippen molar-refractivity contribution in [3.8, 4) is 0 Å². The molecule has 3 atom stereocenters. The minimum atomic E-state index is -1.03. The molecular formula is C11H22N2O3. The summed E-state index contributed by atoms with van der Waals surface area (Å²) in [6.07, 6.45) is 0.786. The van der Waals surface area contributed by atoms with Crippen LogP contribution in [0.4, 0.5) is 0 Å². The molecule has 1 unspecified atom stereocenters. The monoisotopic (exact) mass is 230 g/mol. The van der Waals surface area contributed by atoms with E-state index < -0.39 is 24.0 Å². The number of aliphatic carboxylic acids is 1. The van der Waals surface area contributed by atoms with Gasteiger partial charge in [-0.1, -0.05) is 34.1 Å². The topological polar surface area (TPSA) is 92.4 Å². The van der Waals surface area contributed by atoms with E-state index >= 15 is 0 Å². The van der Waals surface area contributed by atoms with Gasteiger partial charge < -0.3 is 16.2 Å². The number of hydrogen-bond acceptors (Lipinski definition) is 3. The SMILES string of the molecule is CCC(C)[C@H](N)C(=O)N[C@@H](C(=O)O)C(C)C. The average Bonchev–Trinajstić information content (AvgIpc) is 2.22. The van der Waals surface area contributed by atoms with E-state index in [-0.39, 0.29) is 11.8 Å². The maximum atomic E-state index is 11.7. The highest BCUT2D eigenvalue weighted by Crippen LogP contribution is 2.07. The standard InChI is InChI=1S/C11H22N2O3/c1-5-7(4)8(12)10(14)13-9(6(2)3)11(15)16/h6-9H,5,12H2,1-4H3,(H,13,14)(H,15,16)/t7?,8-,9+/m0/s1. The lowest BCUT2D eigenvalue weighted by Gasteiger charge is -2.23. The van der Waals surface area contributed by atoms with Crippen molar-refractivity contribution < 1.29 is 14.7 Å². The molecule has 0 aromatic rings. The molecule has 0 spiro atoms. The van der Waals surface area contributed by atoms with E-state index in [9.17, 15) is 9.59 Å². The van der Waals surface area contributed by atoms with Crippen LogP contribution in [-0.4, -0.2) is 29.1 Å². The number of carboxylic acids is 1. The number of nitrogens with two attached hydrogens (primary N) is 1. The number of carbonyl (C=O) groups is 2. The molecule has 0 radical (unpaired) electrons. The van der Waals surface area contributed by atoms with Gasteiger partial charge in [0.1, 0.15) is 6.04 Å². The highest BCUT2D eigenvalue weighted by molar-refractivity contribution is 5.87. The van der Waals surface area contributed by atoms with E-state index in [0.29, 0.717) is 0 Å². The molecule has 5 heteroatoms. The van der Waals surface area contributed by atoms with Crippen LogP contribution in [0.2, 0.25) is 0 Å². The summed E-state index contributed by atoms with van der Waals surface area (Å²) in [5.41, 5.74) is 5.71. The summed E-state index contributed by atoms with van der Waals surface area (Å²) in [4.78, 5) is 22.5. The Morgan fingerprint density at radius 2 is 1.81 bits per heavy atom. The second-order valence-electron chi connectivity index (χ2n) is 4.48. The molecule has 0 saturated heterocycles. The fourth-order valence-corrected chi connectivity index (χ4v) is 1.28. The summed E-state index contributed by atoms with van der Waals surface area (Å²) < 4.78 is 0. The number of nitrogens with one attached hydrogen (secondary N) is 1. The Bertz CT molecular complexity index is 254. The van der Waals surface area contributed by atoms with Gasteiger partial charge in [0.25, 0.3) is 0 Å². The van der Waals surface area contributed by atoms with Gasteiger partial charge >= 0.3 is 5.97 Å². The molecule has 5 nitrogen and oxygen atoms in total. The Hall–Kier alpha value is -1.10. The van der Waals surface area contributed by atoms with Crippen LogP contribution in [0.15, 0.2) is 0 Å². The zero-order valence-electron chi connectivity index (χ0n) is 10.4. The maximum Gasteiger partial charge on any atom is 0.326 e. The molecule has 0 bridgehead atoms. The molecule has 4 N–H and O–H groups in total. The Morgan fingerprint density at radius 3 is 2.12 bits per heavy atom. The number of carboxylic acid groups (broad SMARTS) is 1. The van der Waals surface area contributed by atoms with Crippen LogP contribution in [0.25, 0.3) is 0 Å². The largest absolute Gasteiger partial charge is 0.480 e. The van der Waals surface area contributed by atoms with Crippen molar-refractivity contribution in [2.45, 2.75) is 46.2 Å². The first-order valence-corrected chi connectivity index (χ1v) is 5.60. The molecule has 94 valence electrons. The predicted octanol–water partition coefficient (Wildman–Crippen LogP) is 0.585. The van der Waals surface area contributed by atoms with Gasteiger partial charge in [-0.25, -0.2) is 4.79 Å². The highest BCUT2D eigenvalue weighted by atomic mass is 16.4. The summed E-state index contributed by atoms with van der Waals surface area (Å²) >= 11 is 0. The quantitative estimate of drug-likeness (QED) is 0.622. The molecule has 0 fully saturated rings. The molecule has 0 saturated carbocycles. The summed E-state index contributed by atoms with van der Waals surface area (Å²) in [5.74, 6) is -1.54. The first kappa shape index (κ1) is 14.9. The molecule has 0 aliphatic rings. The van der Waals surface area contributed by atoms with Crippen LogP contribution in [0.5, 0.6) is 0 Å². The Balaban J connectivity index is 4.46. The number of carbonyl (C=O) groups excluding carboxylic acids is 1. The van der Waals surface area contributed by atoms with Crippen molar-refractivity contribution >= 4 is 11.9 Å². The molecule has 0 rings (SSSR count). The van der Waals surface area contributed by atoms with Crippen LogP contribution >= 0.6 is 0 Å². The van der Waals surface area contributed by atoms with E-state index in [4.69, 9.17) is 10.8 Å².